The molecule has 0 fully saturated rings. The van der Waals surface area contributed by atoms with E-state index in [-0.39, 0.29) is 17.2 Å². The van der Waals surface area contributed by atoms with Gasteiger partial charge in [-0.25, -0.2) is 13.6 Å². The van der Waals surface area contributed by atoms with Gasteiger partial charge in [-0.3, -0.25) is 4.79 Å². The molecule has 0 unspecified atom stereocenters. The second kappa shape index (κ2) is 8.74. The van der Waals surface area contributed by atoms with Crippen molar-refractivity contribution >= 4 is 21.6 Å². The molecule has 2 aromatic carbocycles. The highest BCUT2D eigenvalue weighted by Gasteiger charge is 2.14. The van der Waals surface area contributed by atoms with E-state index in [1.165, 1.54) is 45.6 Å². The highest BCUT2D eigenvalue weighted by molar-refractivity contribution is 7.89. The predicted octanol–water partition coefficient (Wildman–Crippen LogP) is 1.93. The van der Waals surface area contributed by atoms with Crippen LogP contribution in [-0.4, -0.2) is 35.7 Å². The van der Waals surface area contributed by atoms with E-state index in [9.17, 15) is 13.2 Å². The van der Waals surface area contributed by atoms with Crippen molar-refractivity contribution in [2.45, 2.75) is 17.7 Å². The summed E-state index contributed by atoms with van der Waals surface area (Å²) in [6, 6.07) is 9.22. The molecule has 27 heavy (non-hydrogen) atoms. The first-order chi connectivity index (χ1) is 12.8. The van der Waals surface area contributed by atoms with Crippen LogP contribution in [0.5, 0.6) is 17.2 Å². The van der Waals surface area contributed by atoms with Crippen molar-refractivity contribution < 1.29 is 27.4 Å². The molecule has 0 aliphatic carbocycles. The molecule has 3 N–H and O–H groups in total. The average molecular weight is 394 g/mol. The second-order valence-corrected chi connectivity index (χ2v) is 7.21. The molecule has 0 radical (unpaired) electrons. The Labute approximate surface area is 158 Å². The summed E-state index contributed by atoms with van der Waals surface area (Å²) in [7, 11) is 0.816. The first-order valence-electron chi connectivity index (χ1n) is 8.00. The first kappa shape index (κ1) is 20.5. The normalized spacial score (nSPS) is 11.0. The number of primary sulfonamides is 1. The molecule has 2 aromatic rings. The van der Waals surface area contributed by atoms with Gasteiger partial charge in [0.15, 0.2) is 11.5 Å². The number of amides is 1. The minimum absolute atomic E-state index is 0.0158. The van der Waals surface area contributed by atoms with E-state index in [4.69, 9.17) is 19.3 Å². The molecule has 1 amide bonds. The van der Waals surface area contributed by atoms with E-state index in [0.29, 0.717) is 29.4 Å². The molecule has 0 saturated carbocycles. The lowest BCUT2D eigenvalue weighted by Gasteiger charge is -2.14. The van der Waals surface area contributed by atoms with E-state index in [1.807, 2.05) is 0 Å². The van der Waals surface area contributed by atoms with Crippen molar-refractivity contribution in [3.8, 4) is 17.2 Å². The molecule has 8 nitrogen and oxygen atoms in total. The summed E-state index contributed by atoms with van der Waals surface area (Å²) in [5, 5.41) is 7.75. The lowest BCUT2D eigenvalue weighted by atomic mass is 10.1. The van der Waals surface area contributed by atoms with Gasteiger partial charge in [0, 0.05) is 12.1 Å². The lowest BCUT2D eigenvalue weighted by Crippen LogP contribution is -2.14. The smallest absolute Gasteiger partial charge is 0.238 e. The molecular weight excluding hydrogens is 372 g/mol. The first-order valence-corrected chi connectivity index (χ1v) is 9.54. The van der Waals surface area contributed by atoms with Gasteiger partial charge in [-0.15, -0.1) is 0 Å². The highest BCUT2D eigenvalue weighted by atomic mass is 32.2. The van der Waals surface area contributed by atoms with Gasteiger partial charge < -0.3 is 19.5 Å². The van der Waals surface area contributed by atoms with Crippen molar-refractivity contribution in [1.29, 1.82) is 0 Å². The minimum Gasteiger partial charge on any atom is -0.493 e. The number of sulfonamides is 1. The number of nitrogens with one attached hydrogen (secondary N) is 1. The molecule has 0 aromatic heterocycles. The third-order valence-corrected chi connectivity index (χ3v) is 4.76. The Kier molecular flexibility index (Phi) is 6.65. The van der Waals surface area contributed by atoms with Crippen LogP contribution in [0.15, 0.2) is 41.3 Å². The van der Waals surface area contributed by atoms with Gasteiger partial charge in [-0.2, -0.15) is 0 Å². The summed E-state index contributed by atoms with van der Waals surface area (Å²) < 4.78 is 38.3. The number of carbonyl (C=O) groups excluding carboxylic acids is 1. The Morgan fingerprint density at radius 2 is 1.56 bits per heavy atom. The number of rotatable bonds is 8. The van der Waals surface area contributed by atoms with Gasteiger partial charge in [-0.1, -0.05) is 0 Å². The summed E-state index contributed by atoms with van der Waals surface area (Å²) in [6.45, 7) is 0. The Bertz CT molecular complexity index is 885. The van der Waals surface area contributed by atoms with Crippen molar-refractivity contribution in [1.82, 2.24) is 0 Å². The lowest BCUT2D eigenvalue weighted by molar-refractivity contribution is -0.116. The average Bonchev–Trinajstić information content (AvgIpc) is 2.65. The largest absolute Gasteiger partial charge is 0.493 e. The Hall–Kier alpha value is -2.78. The molecule has 0 bridgehead atoms. The van der Waals surface area contributed by atoms with Gasteiger partial charge in [0.2, 0.25) is 21.7 Å². The molecule has 146 valence electrons. The number of benzene rings is 2. The number of aryl methyl sites for hydroxylation is 1. The molecule has 0 aliphatic rings. The fraction of sp³-hybridized carbons (Fsp3) is 0.278. The third-order valence-electron chi connectivity index (χ3n) is 3.83. The molecule has 0 aliphatic heterocycles. The fourth-order valence-electron chi connectivity index (χ4n) is 2.49. The quantitative estimate of drug-likeness (QED) is 0.707. The van der Waals surface area contributed by atoms with Gasteiger partial charge in [0.05, 0.1) is 26.2 Å². The molecule has 9 heteroatoms. The molecule has 0 saturated heterocycles. The van der Waals surface area contributed by atoms with Crippen LogP contribution < -0.4 is 24.7 Å². The molecule has 0 heterocycles. The second-order valence-electron chi connectivity index (χ2n) is 5.65. The Balaban J connectivity index is 2.03. The zero-order chi connectivity index (χ0) is 20.0. The van der Waals surface area contributed by atoms with Gasteiger partial charge >= 0.3 is 0 Å². The van der Waals surface area contributed by atoms with Crippen LogP contribution in [-0.2, 0) is 21.2 Å². The molecule has 0 atom stereocenters. The summed E-state index contributed by atoms with van der Waals surface area (Å²) in [6.07, 6.45) is 0.674. The van der Waals surface area contributed by atoms with Crippen LogP contribution in [0.4, 0.5) is 5.69 Å². The van der Waals surface area contributed by atoms with E-state index in [0.717, 1.165) is 5.56 Å². The number of carbonyl (C=O) groups is 1. The van der Waals surface area contributed by atoms with E-state index in [2.05, 4.69) is 5.32 Å². The topological polar surface area (TPSA) is 117 Å². The van der Waals surface area contributed by atoms with Gasteiger partial charge in [-0.05, 0) is 48.4 Å². The van der Waals surface area contributed by atoms with Crippen molar-refractivity contribution in [2.24, 2.45) is 5.14 Å². The number of hydrogen-bond acceptors (Lipinski definition) is 6. The standard InChI is InChI=1S/C18H22N2O6S/c1-24-15-10-12(11-16(25-2)18(15)26-3)4-9-17(21)20-13-5-7-14(8-6-13)27(19,22)23/h5-8,10-11H,4,9H2,1-3H3,(H,20,21)(H2,19,22,23). The van der Waals surface area contributed by atoms with E-state index >= 15 is 0 Å². The Morgan fingerprint density at radius 3 is 2.00 bits per heavy atom. The number of nitrogens with two attached hydrogens (primary N) is 1. The number of hydrogen-bond donors (Lipinski definition) is 2. The SMILES string of the molecule is COc1cc(CCC(=O)Nc2ccc(S(N)(=O)=O)cc2)cc(OC)c1OC. The molecule has 2 rings (SSSR count). The van der Waals surface area contributed by atoms with Crippen LogP contribution >= 0.6 is 0 Å². The van der Waals surface area contributed by atoms with Gasteiger partial charge in [0.1, 0.15) is 0 Å². The van der Waals surface area contributed by atoms with Gasteiger partial charge in [0.25, 0.3) is 0 Å². The van der Waals surface area contributed by atoms with E-state index in [1.54, 1.807) is 12.1 Å². The van der Waals surface area contributed by atoms with E-state index < -0.39 is 10.0 Å². The highest BCUT2D eigenvalue weighted by Crippen LogP contribution is 2.38. The number of ether oxygens (including phenoxy) is 3. The van der Waals surface area contributed by atoms with Crippen LogP contribution in [0, 0.1) is 0 Å². The maximum absolute atomic E-state index is 12.2. The maximum atomic E-state index is 12.2. The van der Waals surface area contributed by atoms with Crippen LogP contribution in [0.2, 0.25) is 0 Å². The zero-order valence-corrected chi connectivity index (χ0v) is 16.1. The summed E-state index contributed by atoms with van der Waals surface area (Å²) >= 11 is 0. The van der Waals surface area contributed by atoms with Crippen LogP contribution in [0.1, 0.15) is 12.0 Å². The molecular formula is C18H22N2O6S. The van der Waals surface area contributed by atoms with Crippen LogP contribution in [0.3, 0.4) is 0 Å². The monoisotopic (exact) mass is 394 g/mol. The van der Waals surface area contributed by atoms with Crippen molar-refractivity contribution in [3.63, 3.8) is 0 Å². The molecule has 0 spiro atoms. The van der Waals surface area contributed by atoms with Crippen molar-refractivity contribution in [3.05, 3.63) is 42.0 Å². The third kappa shape index (κ3) is 5.35. The zero-order valence-electron chi connectivity index (χ0n) is 15.3. The van der Waals surface area contributed by atoms with Crippen molar-refractivity contribution in [2.75, 3.05) is 26.6 Å². The summed E-state index contributed by atoms with van der Waals surface area (Å²) in [4.78, 5) is 12.1. The van der Waals surface area contributed by atoms with Crippen LogP contribution in [0.25, 0.3) is 0 Å². The Morgan fingerprint density at radius 1 is 1.00 bits per heavy atom. The summed E-state index contributed by atoms with van der Waals surface area (Å²) in [5.74, 6) is 1.31. The predicted molar refractivity (Wildman–Crippen MR) is 101 cm³/mol. The number of anilines is 1. The number of methoxy groups -OCH3 is 3. The minimum atomic E-state index is -3.76. The maximum Gasteiger partial charge on any atom is 0.238 e. The summed E-state index contributed by atoms with van der Waals surface area (Å²) in [5.41, 5.74) is 1.33. The fourth-order valence-corrected chi connectivity index (χ4v) is 3.00.